The molecule has 3 aliphatic carbocycles. The third-order valence-electron chi connectivity index (χ3n) is 5.86. The van der Waals surface area contributed by atoms with E-state index in [2.05, 4.69) is 93.7 Å². The highest BCUT2D eigenvalue weighted by Gasteiger charge is 2.23. The van der Waals surface area contributed by atoms with Crippen LogP contribution in [0.15, 0.2) is 107 Å². The molecule has 2 atom stereocenters. The molecule has 0 amide bonds. The summed E-state index contributed by atoms with van der Waals surface area (Å²) in [4.78, 5) is 2.39. The van der Waals surface area contributed by atoms with Crippen molar-refractivity contribution in [2.45, 2.75) is 25.3 Å². The van der Waals surface area contributed by atoms with E-state index in [1.165, 1.54) is 10.1 Å². The van der Waals surface area contributed by atoms with Crippen LogP contribution >= 0.6 is 15.9 Å². The molecule has 31 heavy (non-hydrogen) atoms. The van der Waals surface area contributed by atoms with E-state index >= 15 is 0 Å². The number of hydrogen-bond acceptors (Lipinski definition) is 3. The highest BCUT2D eigenvalue weighted by molar-refractivity contribution is 9.11. The summed E-state index contributed by atoms with van der Waals surface area (Å²) >= 11 is 3.56. The second-order valence-corrected chi connectivity index (χ2v) is 8.68. The molecule has 2 unspecified atom stereocenters. The van der Waals surface area contributed by atoms with E-state index in [0.717, 1.165) is 42.2 Å². The molecule has 0 saturated carbocycles. The highest BCUT2D eigenvalue weighted by atomic mass is 79.9. The first-order valence-electron chi connectivity index (χ1n) is 10.6. The van der Waals surface area contributed by atoms with Gasteiger partial charge >= 0.3 is 0 Å². The Morgan fingerprint density at radius 2 is 1.74 bits per heavy atom. The molecule has 0 fully saturated rings. The molecule has 0 aromatic heterocycles. The van der Waals surface area contributed by atoms with Gasteiger partial charge in [0, 0.05) is 28.2 Å². The lowest BCUT2D eigenvalue weighted by Crippen LogP contribution is -2.33. The predicted molar refractivity (Wildman–Crippen MR) is 132 cm³/mol. The topological polar surface area (TPSA) is 21.7 Å². The minimum Gasteiger partial charge on any atom is -0.501 e. The van der Waals surface area contributed by atoms with Crippen molar-refractivity contribution in [3.8, 4) is 5.75 Å². The quantitative estimate of drug-likeness (QED) is 0.440. The molecule has 0 bridgehead atoms. The summed E-state index contributed by atoms with van der Waals surface area (Å²) in [7, 11) is 3.42. The molecule has 1 aromatic rings. The first kappa shape index (κ1) is 21.5. The number of anilines is 1. The van der Waals surface area contributed by atoms with E-state index in [-0.39, 0.29) is 6.04 Å². The van der Waals surface area contributed by atoms with Crippen LogP contribution in [0, 0.1) is 5.92 Å². The van der Waals surface area contributed by atoms with Gasteiger partial charge in [0.05, 0.1) is 26.0 Å². The molecule has 4 heteroatoms. The summed E-state index contributed by atoms with van der Waals surface area (Å²) in [5, 5.41) is 0. The maximum Gasteiger partial charge on any atom is 0.119 e. The number of rotatable bonds is 6. The molecule has 0 aliphatic heterocycles. The molecule has 0 radical (unpaired) electrons. The Hall–Kier alpha value is -2.72. The molecular formula is C27H28BrNO2. The monoisotopic (exact) mass is 477 g/mol. The lowest BCUT2D eigenvalue weighted by molar-refractivity contribution is 0.285. The van der Waals surface area contributed by atoms with Crippen LogP contribution < -0.4 is 9.64 Å². The van der Waals surface area contributed by atoms with Crippen molar-refractivity contribution >= 4 is 21.6 Å². The lowest BCUT2D eigenvalue weighted by Gasteiger charge is -2.34. The zero-order chi connectivity index (χ0) is 21.6. The maximum absolute atomic E-state index is 5.46. The Morgan fingerprint density at radius 3 is 2.39 bits per heavy atom. The van der Waals surface area contributed by atoms with Crippen LogP contribution in [-0.2, 0) is 4.74 Å². The summed E-state index contributed by atoms with van der Waals surface area (Å²) in [6.45, 7) is 0. The molecule has 0 N–H and O–H groups in total. The molecule has 3 aliphatic rings. The lowest BCUT2D eigenvalue weighted by atomic mass is 9.87. The van der Waals surface area contributed by atoms with Crippen LogP contribution in [-0.4, -0.2) is 20.3 Å². The number of nitrogens with zero attached hydrogens (tertiary/aromatic N) is 1. The Labute approximate surface area is 193 Å². The zero-order valence-corrected chi connectivity index (χ0v) is 19.6. The van der Waals surface area contributed by atoms with Crippen molar-refractivity contribution in [1.82, 2.24) is 0 Å². The van der Waals surface area contributed by atoms with Crippen LogP contribution in [0.5, 0.6) is 5.75 Å². The number of halogens is 1. The summed E-state index contributed by atoms with van der Waals surface area (Å²) in [5.41, 5.74) is 3.68. The van der Waals surface area contributed by atoms with Crippen LogP contribution in [0.4, 0.5) is 5.69 Å². The molecule has 4 rings (SSSR count). The van der Waals surface area contributed by atoms with Gasteiger partial charge in [0.1, 0.15) is 5.75 Å². The fourth-order valence-corrected chi connectivity index (χ4v) is 4.46. The Kier molecular flexibility index (Phi) is 6.98. The molecule has 0 saturated heterocycles. The third kappa shape index (κ3) is 5.13. The average molecular weight is 478 g/mol. The fraction of sp³-hybridized carbons (Fsp3) is 0.259. The van der Waals surface area contributed by atoms with E-state index in [1.807, 2.05) is 12.1 Å². The minimum absolute atomic E-state index is 0.236. The Balaban J connectivity index is 1.61. The summed E-state index contributed by atoms with van der Waals surface area (Å²) < 4.78 is 12.0. The molecule has 1 aromatic carbocycles. The number of hydrogen-bond donors (Lipinski definition) is 0. The number of allylic oxidation sites excluding steroid dienone is 10. The number of ether oxygens (including phenoxy) is 2. The van der Waals surface area contributed by atoms with E-state index in [9.17, 15) is 0 Å². The minimum atomic E-state index is 0.236. The Morgan fingerprint density at radius 1 is 0.903 bits per heavy atom. The van der Waals surface area contributed by atoms with Crippen molar-refractivity contribution in [3.05, 3.63) is 107 Å². The molecule has 3 nitrogen and oxygen atoms in total. The van der Waals surface area contributed by atoms with Crippen LogP contribution in [0.2, 0.25) is 0 Å². The standard InChI is InChI=1S/C27H28BrNO2/c1-30-26-5-3-4-23(14-17-26)29(25-15-18-27(31-2)19-16-25)24-12-8-21(9-13-24)20-6-10-22(28)11-7-20/h3-4,6,8-12,14-20,24H,5,7,13H2,1-2H3. The van der Waals surface area contributed by atoms with Crippen molar-refractivity contribution < 1.29 is 9.47 Å². The van der Waals surface area contributed by atoms with E-state index in [0.29, 0.717) is 5.92 Å². The van der Waals surface area contributed by atoms with Crippen LogP contribution in [0.25, 0.3) is 0 Å². The molecule has 0 spiro atoms. The van der Waals surface area contributed by atoms with Crippen molar-refractivity contribution in [2.75, 3.05) is 19.1 Å². The summed E-state index contributed by atoms with van der Waals surface area (Å²) in [5.74, 6) is 2.28. The number of benzene rings is 1. The normalized spacial score (nSPS) is 22.7. The van der Waals surface area contributed by atoms with Gasteiger partial charge in [-0.25, -0.2) is 0 Å². The van der Waals surface area contributed by atoms with Gasteiger partial charge in [-0.1, -0.05) is 58.5 Å². The van der Waals surface area contributed by atoms with Crippen LogP contribution in [0.3, 0.4) is 0 Å². The van der Waals surface area contributed by atoms with Crippen molar-refractivity contribution in [3.63, 3.8) is 0 Å². The zero-order valence-electron chi connectivity index (χ0n) is 18.0. The molecule has 0 heterocycles. The molecular weight excluding hydrogens is 450 g/mol. The van der Waals surface area contributed by atoms with E-state index in [4.69, 9.17) is 9.47 Å². The van der Waals surface area contributed by atoms with Crippen molar-refractivity contribution in [1.29, 1.82) is 0 Å². The second kappa shape index (κ2) is 10.1. The van der Waals surface area contributed by atoms with Gasteiger partial charge in [-0.15, -0.1) is 0 Å². The fourth-order valence-electron chi connectivity index (χ4n) is 4.12. The third-order valence-corrected chi connectivity index (χ3v) is 6.45. The SMILES string of the molecule is COC1=CC=C(N(c2ccc(OC)cc2)C2C=CC(C3C=CC(Br)=CC3)=CC2)C=CC1. The summed E-state index contributed by atoms with van der Waals surface area (Å²) in [6.07, 6.45) is 25.1. The molecule has 160 valence electrons. The van der Waals surface area contributed by atoms with Gasteiger partial charge in [-0.3, -0.25) is 0 Å². The van der Waals surface area contributed by atoms with E-state index < -0.39 is 0 Å². The smallest absolute Gasteiger partial charge is 0.119 e. The highest BCUT2D eigenvalue weighted by Crippen LogP contribution is 2.33. The van der Waals surface area contributed by atoms with Gasteiger partial charge in [0.15, 0.2) is 0 Å². The number of methoxy groups -OCH3 is 2. The van der Waals surface area contributed by atoms with E-state index in [1.54, 1.807) is 14.2 Å². The summed E-state index contributed by atoms with van der Waals surface area (Å²) in [6, 6.07) is 8.52. The van der Waals surface area contributed by atoms with Crippen LogP contribution in [0.1, 0.15) is 19.3 Å². The Bertz CT molecular complexity index is 1010. The largest absolute Gasteiger partial charge is 0.501 e. The van der Waals surface area contributed by atoms with Crippen molar-refractivity contribution in [2.24, 2.45) is 5.92 Å². The second-order valence-electron chi connectivity index (χ2n) is 7.76. The first-order chi connectivity index (χ1) is 15.2. The van der Waals surface area contributed by atoms with Gasteiger partial charge in [0.2, 0.25) is 0 Å². The average Bonchev–Trinajstić information content (AvgIpc) is 3.06. The predicted octanol–water partition coefficient (Wildman–Crippen LogP) is 6.99. The van der Waals surface area contributed by atoms with Gasteiger partial charge in [-0.2, -0.15) is 0 Å². The van der Waals surface area contributed by atoms with Gasteiger partial charge < -0.3 is 14.4 Å². The van der Waals surface area contributed by atoms with Gasteiger partial charge in [-0.05, 0) is 60.9 Å². The van der Waals surface area contributed by atoms with Gasteiger partial charge in [0.25, 0.3) is 0 Å². The maximum atomic E-state index is 5.46. The first-order valence-corrected chi connectivity index (χ1v) is 11.4.